The summed E-state index contributed by atoms with van der Waals surface area (Å²) in [4.78, 5) is 31.7. The summed E-state index contributed by atoms with van der Waals surface area (Å²) < 4.78 is 0. The fraction of sp³-hybridized carbons (Fsp3) is 0.556. The van der Waals surface area contributed by atoms with Crippen molar-refractivity contribution < 1.29 is 14.4 Å². The second kappa shape index (κ2) is 7.59. The van der Waals surface area contributed by atoms with Crippen LogP contribution in [0.15, 0.2) is 30.3 Å². The maximum absolute atomic E-state index is 12.4. The van der Waals surface area contributed by atoms with Gasteiger partial charge in [-0.15, -0.1) is 0 Å². The summed E-state index contributed by atoms with van der Waals surface area (Å²) in [7, 11) is 0. The maximum Gasteiger partial charge on any atom is 0.251 e. The van der Waals surface area contributed by atoms with Gasteiger partial charge in [0.25, 0.3) is 5.91 Å². The number of benzene rings is 1. The smallest absolute Gasteiger partial charge is 0.251 e. The lowest BCUT2D eigenvalue weighted by atomic mass is 9.96. The molecule has 23 heavy (non-hydrogen) atoms. The molecule has 2 aliphatic heterocycles. The molecule has 2 heterocycles. The molecular formula is C18H24N2O3. The molecule has 2 aliphatic rings. The Morgan fingerprint density at radius 2 is 2.09 bits per heavy atom. The van der Waals surface area contributed by atoms with Crippen molar-refractivity contribution in [3.8, 4) is 0 Å². The van der Waals surface area contributed by atoms with Crippen molar-refractivity contribution in [1.29, 1.82) is 0 Å². The van der Waals surface area contributed by atoms with E-state index in [9.17, 15) is 9.59 Å². The van der Waals surface area contributed by atoms with E-state index in [0.29, 0.717) is 32.5 Å². The summed E-state index contributed by atoms with van der Waals surface area (Å²) in [6.07, 6.45) is 3.90. The van der Waals surface area contributed by atoms with Gasteiger partial charge in [-0.05, 0) is 31.2 Å². The van der Waals surface area contributed by atoms with Crippen LogP contribution in [-0.2, 0) is 20.8 Å². The van der Waals surface area contributed by atoms with Crippen molar-refractivity contribution in [3.63, 3.8) is 0 Å². The van der Waals surface area contributed by atoms with Crippen molar-refractivity contribution in [1.82, 2.24) is 9.96 Å². The fourth-order valence-electron chi connectivity index (χ4n) is 3.28. The minimum absolute atomic E-state index is 0.0445. The van der Waals surface area contributed by atoms with Crippen LogP contribution in [0.4, 0.5) is 0 Å². The van der Waals surface area contributed by atoms with Gasteiger partial charge >= 0.3 is 0 Å². The van der Waals surface area contributed by atoms with Crippen LogP contribution < -0.4 is 0 Å². The number of nitrogens with zero attached hydrogens (tertiary/aromatic N) is 2. The molecule has 1 aromatic rings. The normalized spacial score (nSPS) is 21.7. The van der Waals surface area contributed by atoms with Crippen LogP contribution >= 0.6 is 0 Å². The quantitative estimate of drug-likeness (QED) is 0.835. The van der Waals surface area contributed by atoms with E-state index < -0.39 is 0 Å². The Morgan fingerprint density at radius 1 is 1.26 bits per heavy atom. The minimum atomic E-state index is -0.109. The SMILES string of the molecule is O=C1CC[C@H](C(=O)N2CCCO2)CN1CCCc1ccccc1. The van der Waals surface area contributed by atoms with Gasteiger partial charge < -0.3 is 4.90 Å². The van der Waals surface area contributed by atoms with Crippen LogP contribution in [0.2, 0.25) is 0 Å². The molecule has 0 N–H and O–H groups in total. The molecule has 1 atom stereocenters. The number of carbonyl (C=O) groups is 2. The van der Waals surface area contributed by atoms with Gasteiger partial charge in [0.15, 0.2) is 0 Å². The van der Waals surface area contributed by atoms with E-state index in [1.54, 1.807) is 0 Å². The highest BCUT2D eigenvalue weighted by atomic mass is 16.7. The standard InChI is InChI=1S/C18H24N2O3/c21-17-10-9-16(18(22)20-12-5-13-23-20)14-19(17)11-4-8-15-6-2-1-3-7-15/h1-3,6-7,16H,4-5,8-14H2/t16-/m0/s1. The predicted octanol–water partition coefficient (Wildman–Crippen LogP) is 2.02. The molecule has 124 valence electrons. The highest BCUT2D eigenvalue weighted by molar-refractivity contribution is 5.83. The number of hydrogen-bond donors (Lipinski definition) is 0. The number of carbonyl (C=O) groups excluding carboxylic acids is 2. The molecule has 0 unspecified atom stereocenters. The van der Waals surface area contributed by atoms with E-state index in [-0.39, 0.29) is 17.7 Å². The molecule has 0 saturated carbocycles. The van der Waals surface area contributed by atoms with Gasteiger partial charge in [0.2, 0.25) is 5.91 Å². The Bertz CT molecular complexity index is 540. The number of hydroxylamine groups is 2. The van der Waals surface area contributed by atoms with Crippen molar-refractivity contribution in [2.24, 2.45) is 5.92 Å². The van der Waals surface area contributed by atoms with E-state index in [2.05, 4.69) is 12.1 Å². The lowest BCUT2D eigenvalue weighted by Crippen LogP contribution is -2.46. The molecule has 2 amide bonds. The lowest BCUT2D eigenvalue weighted by Gasteiger charge is -2.33. The highest BCUT2D eigenvalue weighted by Gasteiger charge is 2.34. The molecular weight excluding hydrogens is 292 g/mol. The average Bonchev–Trinajstić information content (AvgIpc) is 3.11. The van der Waals surface area contributed by atoms with Gasteiger partial charge in [0.05, 0.1) is 19.1 Å². The number of likely N-dealkylation sites (tertiary alicyclic amines) is 1. The van der Waals surface area contributed by atoms with Gasteiger partial charge in [0, 0.05) is 19.5 Å². The van der Waals surface area contributed by atoms with E-state index in [0.717, 1.165) is 25.8 Å². The van der Waals surface area contributed by atoms with Crippen molar-refractivity contribution in [2.45, 2.75) is 32.1 Å². The van der Waals surface area contributed by atoms with Crippen LogP contribution in [0.1, 0.15) is 31.2 Å². The summed E-state index contributed by atoms with van der Waals surface area (Å²) in [5.74, 6) is 0.107. The van der Waals surface area contributed by atoms with Crippen LogP contribution in [0, 0.1) is 5.92 Å². The Kier molecular flexibility index (Phi) is 5.28. The average molecular weight is 316 g/mol. The van der Waals surface area contributed by atoms with E-state index in [1.165, 1.54) is 10.6 Å². The molecule has 0 aliphatic carbocycles. The Balaban J connectivity index is 1.49. The second-order valence-corrected chi connectivity index (χ2v) is 6.29. The number of piperidine rings is 1. The largest absolute Gasteiger partial charge is 0.342 e. The topological polar surface area (TPSA) is 49.9 Å². The zero-order valence-electron chi connectivity index (χ0n) is 13.4. The third-order valence-corrected chi connectivity index (χ3v) is 4.58. The van der Waals surface area contributed by atoms with Crippen LogP contribution in [0.25, 0.3) is 0 Å². The summed E-state index contributed by atoms with van der Waals surface area (Å²) in [5, 5.41) is 1.49. The van der Waals surface area contributed by atoms with Gasteiger partial charge in [-0.25, -0.2) is 5.06 Å². The third kappa shape index (κ3) is 4.10. The molecule has 2 saturated heterocycles. The van der Waals surface area contributed by atoms with Crippen molar-refractivity contribution in [2.75, 3.05) is 26.2 Å². The third-order valence-electron chi connectivity index (χ3n) is 4.58. The summed E-state index contributed by atoms with van der Waals surface area (Å²) in [6, 6.07) is 10.3. The van der Waals surface area contributed by atoms with Crippen molar-refractivity contribution in [3.05, 3.63) is 35.9 Å². The fourth-order valence-corrected chi connectivity index (χ4v) is 3.28. The summed E-state index contributed by atoms with van der Waals surface area (Å²) in [5.41, 5.74) is 1.29. The van der Waals surface area contributed by atoms with Gasteiger partial charge in [-0.1, -0.05) is 30.3 Å². The minimum Gasteiger partial charge on any atom is -0.342 e. The molecule has 0 radical (unpaired) electrons. The van der Waals surface area contributed by atoms with E-state index in [4.69, 9.17) is 4.84 Å². The Hall–Kier alpha value is -1.88. The second-order valence-electron chi connectivity index (χ2n) is 6.29. The molecule has 5 nitrogen and oxygen atoms in total. The Labute approximate surface area is 137 Å². The van der Waals surface area contributed by atoms with E-state index >= 15 is 0 Å². The number of rotatable bonds is 5. The molecule has 1 aromatic carbocycles. The first-order valence-corrected chi connectivity index (χ1v) is 8.50. The highest BCUT2D eigenvalue weighted by Crippen LogP contribution is 2.22. The van der Waals surface area contributed by atoms with Gasteiger partial charge in [0.1, 0.15) is 0 Å². The molecule has 0 spiro atoms. The molecule has 0 aromatic heterocycles. The zero-order valence-corrected chi connectivity index (χ0v) is 13.4. The van der Waals surface area contributed by atoms with E-state index in [1.807, 2.05) is 23.1 Å². The van der Waals surface area contributed by atoms with Crippen molar-refractivity contribution >= 4 is 11.8 Å². The maximum atomic E-state index is 12.4. The molecule has 2 fully saturated rings. The van der Waals surface area contributed by atoms with Crippen LogP contribution in [-0.4, -0.2) is 48.0 Å². The number of hydrogen-bond acceptors (Lipinski definition) is 3. The van der Waals surface area contributed by atoms with Crippen LogP contribution in [0.3, 0.4) is 0 Å². The summed E-state index contributed by atoms with van der Waals surface area (Å²) in [6.45, 7) is 2.56. The predicted molar refractivity (Wildman–Crippen MR) is 86.3 cm³/mol. The first-order valence-electron chi connectivity index (χ1n) is 8.50. The Morgan fingerprint density at radius 3 is 2.83 bits per heavy atom. The van der Waals surface area contributed by atoms with Gasteiger partial charge in [-0.3, -0.25) is 14.4 Å². The van der Waals surface area contributed by atoms with Gasteiger partial charge in [-0.2, -0.15) is 0 Å². The first kappa shape index (κ1) is 16.0. The number of aryl methyl sites for hydroxylation is 1. The lowest BCUT2D eigenvalue weighted by molar-refractivity contribution is -0.175. The number of amides is 2. The molecule has 0 bridgehead atoms. The summed E-state index contributed by atoms with van der Waals surface area (Å²) >= 11 is 0. The molecule has 3 rings (SSSR count). The van der Waals surface area contributed by atoms with Crippen LogP contribution in [0.5, 0.6) is 0 Å². The monoisotopic (exact) mass is 316 g/mol. The molecule has 5 heteroatoms. The zero-order chi connectivity index (χ0) is 16.1. The first-order chi connectivity index (χ1) is 11.2.